The maximum absolute atomic E-state index is 5.68. The first-order valence-corrected chi connectivity index (χ1v) is 6.47. The average molecular weight is 247 g/mol. The summed E-state index contributed by atoms with van der Waals surface area (Å²) in [5.41, 5.74) is 2.34. The number of ether oxygens (including phenoxy) is 2. The highest BCUT2D eigenvalue weighted by Crippen LogP contribution is 2.30. The quantitative estimate of drug-likeness (QED) is 0.867. The second-order valence-corrected chi connectivity index (χ2v) is 4.46. The van der Waals surface area contributed by atoms with E-state index >= 15 is 0 Å². The van der Waals surface area contributed by atoms with Gasteiger partial charge in [0.1, 0.15) is 11.5 Å². The lowest BCUT2D eigenvalue weighted by molar-refractivity contribution is 0.216. The highest BCUT2D eigenvalue weighted by atomic mass is 16.5. The maximum atomic E-state index is 5.68. The maximum Gasteiger partial charge on any atom is 0.122 e. The van der Waals surface area contributed by atoms with Crippen molar-refractivity contribution in [2.45, 2.75) is 26.3 Å². The second kappa shape index (κ2) is 5.91. The van der Waals surface area contributed by atoms with Gasteiger partial charge in [0.25, 0.3) is 0 Å². The van der Waals surface area contributed by atoms with Crippen molar-refractivity contribution in [1.82, 2.24) is 5.32 Å². The summed E-state index contributed by atoms with van der Waals surface area (Å²) in [4.78, 5) is 0. The molecule has 0 saturated carbocycles. The topological polar surface area (TPSA) is 30.5 Å². The van der Waals surface area contributed by atoms with Gasteiger partial charge >= 0.3 is 0 Å². The van der Waals surface area contributed by atoms with E-state index in [9.17, 15) is 0 Å². The third-order valence-corrected chi connectivity index (χ3v) is 3.19. The number of likely N-dealkylation sites (N-methyl/N-ethyl adjacent to an activating group) is 1. The molecule has 3 nitrogen and oxygen atoms in total. The first-order chi connectivity index (χ1) is 8.76. The van der Waals surface area contributed by atoms with E-state index < -0.39 is 0 Å². The van der Waals surface area contributed by atoms with Crippen molar-refractivity contribution in [1.29, 1.82) is 0 Å². The van der Waals surface area contributed by atoms with Crippen molar-refractivity contribution >= 4 is 0 Å². The summed E-state index contributed by atoms with van der Waals surface area (Å²) in [5, 5.41) is 3.46. The van der Waals surface area contributed by atoms with Crippen LogP contribution < -0.4 is 10.1 Å². The van der Waals surface area contributed by atoms with Crippen LogP contribution in [0.25, 0.3) is 0 Å². The zero-order valence-corrected chi connectivity index (χ0v) is 11.3. The van der Waals surface area contributed by atoms with Crippen molar-refractivity contribution in [2.24, 2.45) is 0 Å². The molecule has 0 spiro atoms. The summed E-state index contributed by atoms with van der Waals surface area (Å²) in [6, 6.07) is 6.44. The minimum atomic E-state index is 0.131. The van der Waals surface area contributed by atoms with Crippen LogP contribution in [-0.2, 0) is 4.74 Å². The van der Waals surface area contributed by atoms with Gasteiger partial charge in [-0.1, -0.05) is 19.1 Å². The summed E-state index contributed by atoms with van der Waals surface area (Å²) in [7, 11) is 1.71. The van der Waals surface area contributed by atoms with Crippen molar-refractivity contribution < 1.29 is 9.47 Å². The molecule has 1 aromatic carbocycles. The van der Waals surface area contributed by atoms with Crippen LogP contribution in [0.5, 0.6) is 5.75 Å². The molecule has 2 rings (SSSR count). The highest BCUT2D eigenvalue weighted by Gasteiger charge is 2.20. The molecule has 1 N–H and O–H groups in total. The van der Waals surface area contributed by atoms with Crippen molar-refractivity contribution in [3.63, 3.8) is 0 Å². The van der Waals surface area contributed by atoms with Gasteiger partial charge in [-0.2, -0.15) is 0 Å². The van der Waals surface area contributed by atoms with E-state index in [0.717, 1.165) is 36.6 Å². The van der Waals surface area contributed by atoms with Crippen molar-refractivity contribution in [2.75, 3.05) is 20.3 Å². The zero-order chi connectivity index (χ0) is 13.0. The largest absolute Gasteiger partial charge is 0.496 e. The first-order valence-electron chi connectivity index (χ1n) is 6.47. The molecule has 1 atom stereocenters. The predicted molar refractivity (Wildman–Crippen MR) is 72.8 cm³/mol. The molecule has 18 heavy (non-hydrogen) atoms. The molecule has 1 heterocycles. The molecule has 1 aliphatic heterocycles. The summed E-state index contributed by atoms with van der Waals surface area (Å²) >= 11 is 0. The van der Waals surface area contributed by atoms with E-state index in [1.54, 1.807) is 7.11 Å². The van der Waals surface area contributed by atoms with Crippen LogP contribution in [0.1, 0.15) is 30.5 Å². The normalized spacial score (nSPS) is 16.1. The molecule has 0 amide bonds. The van der Waals surface area contributed by atoms with E-state index in [1.807, 2.05) is 0 Å². The van der Waals surface area contributed by atoms with Crippen LogP contribution in [0.2, 0.25) is 0 Å². The van der Waals surface area contributed by atoms with Gasteiger partial charge in [0, 0.05) is 6.42 Å². The minimum absolute atomic E-state index is 0.131. The average Bonchev–Trinajstić information content (AvgIpc) is 2.90. The molecule has 0 radical (unpaired) electrons. The minimum Gasteiger partial charge on any atom is -0.496 e. The Morgan fingerprint density at radius 3 is 2.89 bits per heavy atom. The Kier molecular flexibility index (Phi) is 4.26. The fourth-order valence-corrected chi connectivity index (χ4v) is 2.24. The van der Waals surface area contributed by atoms with Gasteiger partial charge in [-0.15, -0.1) is 0 Å². The van der Waals surface area contributed by atoms with E-state index in [-0.39, 0.29) is 6.04 Å². The van der Waals surface area contributed by atoms with E-state index in [0.29, 0.717) is 0 Å². The Bertz CT molecular complexity index is 440. The van der Waals surface area contributed by atoms with Crippen LogP contribution in [0.15, 0.2) is 30.0 Å². The van der Waals surface area contributed by atoms with Gasteiger partial charge in [0.2, 0.25) is 0 Å². The number of hydrogen-bond acceptors (Lipinski definition) is 3. The number of rotatable bonds is 5. The lowest BCUT2D eigenvalue weighted by Gasteiger charge is -2.20. The summed E-state index contributed by atoms with van der Waals surface area (Å²) in [6.07, 6.45) is 3.17. The Morgan fingerprint density at radius 2 is 2.28 bits per heavy atom. The van der Waals surface area contributed by atoms with Crippen LogP contribution >= 0.6 is 0 Å². The lowest BCUT2D eigenvalue weighted by atomic mass is 10.0. The Morgan fingerprint density at radius 1 is 1.44 bits per heavy atom. The fourth-order valence-electron chi connectivity index (χ4n) is 2.24. The van der Waals surface area contributed by atoms with Crippen LogP contribution in [0.4, 0.5) is 0 Å². The van der Waals surface area contributed by atoms with Gasteiger partial charge < -0.3 is 14.8 Å². The Balaban J connectivity index is 2.30. The van der Waals surface area contributed by atoms with Gasteiger partial charge in [-0.05, 0) is 36.7 Å². The molecule has 3 heteroatoms. The smallest absolute Gasteiger partial charge is 0.122 e. The SMILES string of the molecule is CCNC(C1=CCCO1)c1ccc(C)c(OC)c1. The van der Waals surface area contributed by atoms with Crippen molar-refractivity contribution in [3.8, 4) is 5.75 Å². The fraction of sp³-hybridized carbons (Fsp3) is 0.467. The third kappa shape index (κ3) is 2.67. The number of methoxy groups -OCH3 is 1. The van der Waals surface area contributed by atoms with Crippen LogP contribution in [0.3, 0.4) is 0 Å². The van der Waals surface area contributed by atoms with E-state index in [1.165, 1.54) is 5.56 Å². The van der Waals surface area contributed by atoms with Gasteiger partial charge in [-0.3, -0.25) is 0 Å². The zero-order valence-electron chi connectivity index (χ0n) is 11.3. The molecule has 1 unspecified atom stereocenters. The van der Waals surface area contributed by atoms with Gasteiger partial charge in [-0.25, -0.2) is 0 Å². The number of nitrogens with one attached hydrogen (secondary N) is 1. The molecule has 0 fully saturated rings. The molecule has 98 valence electrons. The molecule has 1 aromatic rings. The number of hydrogen-bond donors (Lipinski definition) is 1. The van der Waals surface area contributed by atoms with Gasteiger partial charge in [0.15, 0.2) is 0 Å². The first kappa shape index (κ1) is 13.0. The molecule has 0 aromatic heterocycles. The van der Waals surface area contributed by atoms with Crippen molar-refractivity contribution in [3.05, 3.63) is 41.2 Å². The highest BCUT2D eigenvalue weighted by molar-refractivity contribution is 5.40. The number of aryl methyl sites for hydroxylation is 1. The third-order valence-electron chi connectivity index (χ3n) is 3.19. The van der Waals surface area contributed by atoms with Crippen LogP contribution in [0, 0.1) is 6.92 Å². The Labute approximate surface area is 109 Å². The summed E-state index contributed by atoms with van der Waals surface area (Å²) < 4.78 is 11.1. The molecule has 0 bridgehead atoms. The van der Waals surface area contributed by atoms with Gasteiger partial charge in [0.05, 0.1) is 19.8 Å². The van der Waals surface area contributed by atoms with E-state index in [4.69, 9.17) is 9.47 Å². The van der Waals surface area contributed by atoms with E-state index in [2.05, 4.69) is 43.4 Å². The monoisotopic (exact) mass is 247 g/mol. The summed E-state index contributed by atoms with van der Waals surface area (Å²) in [5.74, 6) is 1.96. The molecule has 1 aliphatic rings. The predicted octanol–water partition coefficient (Wildman–Crippen LogP) is 2.96. The standard InChI is InChI=1S/C15H21NO2/c1-4-16-15(13-6-5-9-18-13)12-8-7-11(2)14(10-12)17-3/h6-8,10,15-16H,4-5,9H2,1-3H3. The molecule has 0 saturated heterocycles. The Hall–Kier alpha value is -1.48. The molecule has 0 aliphatic carbocycles. The summed E-state index contributed by atoms with van der Waals surface area (Å²) in [6.45, 7) is 5.85. The van der Waals surface area contributed by atoms with Crippen LogP contribution in [-0.4, -0.2) is 20.3 Å². The second-order valence-electron chi connectivity index (χ2n) is 4.46. The molecular weight excluding hydrogens is 226 g/mol. The molecular formula is C15H21NO2. The number of benzene rings is 1. The lowest BCUT2D eigenvalue weighted by Crippen LogP contribution is -2.23.